The predicted molar refractivity (Wildman–Crippen MR) is 94.8 cm³/mol. The zero-order chi connectivity index (χ0) is 18.0. The van der Waals surface area contributed by atoms with Crippen LogP contribution in [-0.2, 0) is 4.79 Å². The summed E-state index contributed by atoms with van der Waals surface area (Å²) >= 11 is 0. The van der Waals surface area contributed by atoms with Gasteiger partial charge in [-0.3, -0.25) is 9.59 Å². The first-order valence-electron chi connectivity index (χ1n) is 8.49. The van der Waals surface area contributed by atoms with Crippen molar-refractivity contribution in [3.8, 4) is 0 Å². The summed E-state index contributed by atoms with van der Waals surface area (Å²) in [6, 6.07) is 6.92. The van der Waals surface area contributed by atoms with Gasteiger partial charge in [0.25, 0.3) is 5.91 Å². The minimum atomic E-state index is -0.495. The molecule has 2 unspecified atom stereocenters. The van der Waals surface area contributed by atoms with E-state index in [2.05, 4.69) is 10.6 Å². The van der Waals surface area contributed by atoms with E-state index in [1.165, 1.54) is 0 Å². The number of anilines is 1. The van der Waals surface area contributed by atoms with E-state index < -0.39 is 5.41 Å². The van der Waals surface area contributed by atoms with Gasteiger partial charge in [-0.25, -0.2) is 0 Å². The SMILES string of the molecule is CC(C)(C)C(=O)Nc1cccc(C(=O)NC2CCCC2(C)CO)c1. The van der Waals surface area contributed by atoms with Gasteiger partial charge in [0.15, 0.2) is 0 Å². The van der Waals surface area contributed by atoms with Crippen LogP contribution in [0.5, 0.6) is 0 Å². The van der Waals surface area contributed by atoms with Crippen molar-refractivity contribution in [1.82, 2.24) is 5.32 Å². The average molecular weight is 332 g/mol. The number of carbonyl (C=O) groups is 2. The van der Waals surface area contributed by atoms with Gasteiger partial charge in [0.05, 0.1) is 6.61 Å². The molecule has 1 aliphatic carbocycles. The number of nitrogens with one attached hydrogen (secondary N) is 2. The van der Waals surface area contributed by atoms with Crippen molar-refractivity contribution in [1.29, 1.82) is 0 Å². The van der Waals surface area contributed by atoms with Gasteiger partial charge < -0.3 is 15.7 Å². The Morgan fingerprint density at radius 2 is 2.04 bits per heavy atom. The van der Waals surface area contributed by atoms with Crippen LogP contribution in [0, 0.1) is 10.8 Å². The summed E-state index contributed by atoms with van der Waals surface area (Å²) in [6.45, 7) is 7.60. The van der Waals surface area contributed by atoms with Crippen LogP contribution in [0.3, 0.4) is 0 Å². The van der Waals surface area contributed by atoms with E-state index in [9.17, 15) is 14.7 Å². The minimum absolute atomic E-state index is 0.0252. The number of aliphatic hydroxyl groups is 1. The molecule has 132 valence electrons. The van der Waals surface area contributed by atoms with Crippen molar-refractivity contribution >= 4 is 17.5 Å². The third kappa shape index (κ3) is 4.15. The largest absolute Gasteiger partial charge is 0.396 e. The number of hydrogen-bond acceptors (Lipinski definition) is 3. The maximum Gasteiger partial charge on any atom is 0.251 e. The number of aliphatic hydroxyl groups excluding tert-OH is 1. The molecule has 1 aromatic rings. The summed E-state index contributed by atoms with van der Waals surface area (Å²) in [7, 11) is 0. The first kappa shape index (κ1) is 18.5. The van der Waals surface area contributed by atoms with E-state index in [4.69, 9.17) is 0 Å². The molecule has 5 heteroatoms. The molecule has 24 heavy (non-hydrogen) atoms. The number of hydrogen-bond donors (Lipinski definition) is 3. The molecule has 2 rings (SSSR count). The lowest BCUT2D eigenvalue weighted by atomic mass is 9.85. The van der Waals surface area contributed by atoms with E-state index in [0.29, 0.717) is 11.3 Å². The Labute approximate surface area is 143 Å². The molecule has 5 nitrogen and oxygen atoms in total. The van der Waals surface area contributed by atoms with Crippen LogP contribution >= 0.6 is 0 Å². The highest BCUT2D eigenvalue weighted by Gasteiger charge is 2.39. The van der Waals surface area contributed by atoms with Crippen LogP contribution in [-0.4, -0.2) is 29.6 Å². The molecule has 1 aliphatic rings. The third-order valence-electron chi connectivity index (χ3n) is 4.81. The molecule has 0 aromatic heterocycles. The van der Waals surface area contributed by atoms with Crippen LogP contribution in [0.2, 0.25) is 0 Å². The van der Waals surface area contributed by atoms with Crippen LogP contribution in [0.4, 0.5) is 5.69 Å². The first-order chi connectivity index (χ1) is 11.2. The second kappa shape index (κ2) is 6.93. The second-order valence-corrected chi connectivity index (χ2v) is 8.02. The lowest BCUT2D eigenvalue weighted by molar-refractivity contribution is -0.123. The highest BCUT2D eigenvalue weighted by Crippen LogP contribution is 2.37. The Bertz CT molecular complexity index is 621. The zero-order valence-electron chi connectivity index (χ0n) is 15.0. The van der Waals surface area contributed by atoms with Crippen LogP contribution in [0.25, 0.3) is 0 Å². The fourth-order valence-electron chi connectivity index (χ4n) is 2.97. The summed E-state index contributed by atoms with van der Waals surface area (Å²) in [5.74, 6) is -0.267. The predicted octanol–water partition coefficient (Wildman–Crippen LogP) is 2.95. The Balaban J connectivity index is 2.08. The molecular formula is C19H28N2O3. The fourth-order valence-corrected chi connectivity index (χ4v) is 2.97. The van der Waals surface area contributed by atoms with Crippen LogP contribution in [0.1, 0.15) is 57.3 Å². The summed E-state index contributed by atoms with van der Waals surface area (Å²) in [4.78, 5) is 24.6. The summed E-state index contributed by atoms with van der Waals surface area (Å²) < 4.78 is 0. The van der Waals surface area contributed by atoms with Crippen molar-refractivity contribution in [2.24, 2.45) is 10.8 Å². The molecule has 2 atom stereocenters. The molecule has 1 saturated carbocycles. The monoisotopic (exact) mass is 332 g/mol. The minimum Gasteiger partial charge on any atom is -0.396 e. The Morgan fingerprint density at radius 3 is 2.67 bits per heavy atom. The number of benzene rings is 1. The molecule has 2 amide bonds. The molecule has 3 N–H and O–H groups in total. The van der Waals surface area contributed by atoms with E-state index >= 15 is 0 Å². The van der Waals surface area contributed by atoms with Gasteiger partial charge in [-0.1, -0.05) is 40.2 Å². The molecule has 0 aliphatic heterocycles. The van der Waals surface area contributed by atoms with E-state index in [0.717, 1.165) is 19.3 Å². The van der Waals surface area contributed by atoms with Gasteiger partial charge in [-0.15, -0.1) is 0 Å². The van der Waals surface area contributed by atoms with Gasteiger partial charge in [-0.05, 0) is 31.0 Å². The smallest absolute Gasteiger partial charge is 0.251 e. The number of carbonyl (C=O) groups excluding carboxylic acids is 2. The normalized spacial score (nSPS) is 23.8. The molecular weight excluding hydrogens is 304 g/mol. The maximum atomic E-state index is 12.5. The van der Waals surface area contributed by atoms with Gasteiger partial charge in [-0.2, -0.15) is 0 Å². The van der Waals surface area contributed by atoms with Crippen molar-refractivity contribution in [2.75, 3.05) is 11.9 Å². The Hall–Kier alpha value is -1.88. The molecule has 0 saturated heterocycles. The van der Waals surface area contributed by atoms with Gasteiger partial charge >= 0.3 is 0 Å². The lowest BCUT2D eigenvalue weighted by Crippen LogP contribution is -2.44. The summed E-state index contributed by atoms with van der Waals surface area (Å²) in [5.41, 5.74) is 0.367. The Morgan fingerprint density at radius 1 is 1.33 bits per heavy atom. The second-order valence-electron chi connectivity index (χ2n) is 8.02. The molecule has 1 aromatic carbocycles. The topological polar surface area (TPSA) is 78.4 Å². The van der Waals surface area contributed by atoms with E-state index in [1.807, 2.05) is 27.7 Å². The first-order valence-corrected chi connectivity index (χ1v) is 8.49. The number of rotatable bonds is 4. The lowest BCUT2D eigenvalue weighted by Gasteiger charge is -2.30. The quantitative estimate of drug-likeness (QED) is 0.793. The molecule has 0 spiro atoms. The van der Waals surface area contributed by atoms with Gasteiger partial charge in [0, 0.05) is 28.1 Å². The molecule has 0 radical (unpaired) electrons. The van der Waals surface area contributed by atoms with Crippen molar-refractivity contribution in [3.05, 3.63) is 29.8 Å². The molecule has 0 bridgehead atoms. The average Bonchev–Trinajstić information content (AvgIpc) is 2.88. The van der Waals surface area contributed by atoms with E-state index in [-0.39, 0.29) is 29.9 Å². The number of amides is 2. The Kier molecular flexibility index (Phi) is 5.33. The van der Waals surface area contributed by atoms with Crippen molar-refractivity contribution < 1.29 is 14.7 Å². The van der Waals surface area contributed by atoms with Gasteiger partial charge in [0.2, 0.25) is 5.91 Å². The standard InChI is InChI=1S/C19H28N2O3/c1-18(2,3)17(24)20-14-8-5-7-13(11-14)16(23)21-15-9-6-10-19(15,4)12-22/h5,7-8,11,15,22H,6,9-10,12H2,1-4H3,(H,20,24)(H,21,23). The third-order valence-corrected chi connectivity index (χ3v) is 4.81. The van der Waals surface area contributed by atoms with Crippen LogP contribution < -0.4 is 10.6 Å². The van der Waals surface area contributed by atoms with Crippen LogP contribution in [0.15, 0.2) is 24.3 Å². The summed E-state index contributed by atoms with van der Waals surface area (Å²) in [6.07, 6.45) is 2.79. The fraction of sp³-hybridized carbons (Fsp3) is 0.579. The van der Waals surface area contributed by atoms with Crippen molar-refractivity contribution in [2.45, 2.75) is 53.0 Å². The van der Waals surface area contributed by atoms with E-state index in [1.54, 1.807) is 24.3 Å². The zero-order valence-corrected chi connectivity index (χ0v) is 15.0. The molecule has 0 heterocycles. The van der Waals surface area contributed by atoms with Gasteiger partial charge in [0.1, 0.15) is 0 Å². The highest BCUT2D eigenvalue weighted by atomic mass is 16.3. The maximum absolute atomic E-state index is 12.5. The summed E-state index contributed by atoms with van der Waals surface area (Å²) in [5, 5.41) is 15.5. The molecule has 1 fully saturated rings. The van der Waals surface area contributed by atoms with Crippen molar-refractivity contribution in [3.63, 3.8) is 0 Å². The highest BCUT2D eigenvalue weighted by molar-refractivity contribution is 5.98.